The van der Waals surface area contributed by atoms with Gasteiger partial charge in [-0.15, -0.1) is 0 Å². The van der Waals surface area contributed by atoms with Gasteiger partial charge >= 0.3 is 0 Å². The molecule has 9 heteroatoms. The van der Waals surface area contributed by atoms with E-state index in [4.69, 9.17) is 9.47 Å². The third kappa shape index (κ3) is 4.78. The van der Waals surface area contributed by atoms with Gasteiger partial charge in [0.2, 0.25) is 10.0 Å². The van der Waals surface area contributed by atoms with Crippen LogP contribution in [0.25, 0.3) is 0 Å². The van der Waals surface area contributed by atoms with Crippen LogP contribution in [-0.2, 0) is 26.1 Å². The number of anilines is 1. The molecule has 34 heavy (non-hydrogen) atoms. The van der Waals surface area contributed by atoms with Crippen molar-refractivity contribution < 1.29 is 22.7 Å². The van der Waals surface area contributed by atoms with Gasteiger partial charge in [-0.2, -0.15) is 4.31 Å². The Kier molecular flexibility index (Phi) is 6.76. The van der Waals surface area contributed by atoms with Crippen LogP contribution in [0.15, 0.2) is 53.4 Å². The number of carbonyl (C=O) groups is 1. The zero-order valence-electron chi connectivity index (χ0n) is 19.3. The molecule has 3 aliphatic rings. The van der Waals surface area contributed by atoms with Crippen LogP contribution in [0.4, 0.5) is 5.69 Å². The van der Waals surface area contributed by atoms with Gasteiger partial charge in [0.25, 0.3) is 5.91 Å². The predicted octanol–water partition coefficient (Wildman–Crippen LogP) is 2.49. The van der Waals surface area contributed by atoms with Gasteiger partial charge in [0.15, 0.2) is 6.10 Å². The lowest BCUT2D eigenvalue weighted by molar-refractivity contribution is -0.139. The highest BCUT2D eigenvalue weighted by Crippen LogP contribution is 2.35. The zero-order chi connectivity index (χ0) is 23.5. The van der Waals surface area contributed by atoms with Crippen molar-refractivity contribution in [1.82, 2.24) is 9.21 Å². The van der Waals surface area contributed by atoms with Gasteiger partial charge < -0.3 is 19.3 Å². The summed E-state index contributed by atoms with van der Waals surface area (Å²) < 4.78 is 39.2. The summed E-state index contributed by atoms with van der Waals surface area (Å²) in [7, 11) is -3.58. The van der Waals surface area contributed by atoms with Crippen LogP contribution in [0.2, 0.25) is 0 Å². The van der Waals surface area contributed by atoms with Crippen LogP contribution in [-0.4, -0.2) is 75.6 Å². The lowest BCUT2D eigenvalue weighted by Crippen LogP contribution is -2.51. The lowest BCUT2D eigenvalue weighted by Gasteiger charge is -2.38. The number of piperidine rings is 1. The number of para-hydroxylation sites is 2. The minimum absolute atomic E-state index is 0.0304. The molecular formula is C25H31N3O5S. The highest BCUT2D eigenvalue weighted by molar-refractivity contribution is 7.89. The van der Waals surface area contributed by atoms with Crippen molar-refractivity contribution in [2.45, 2.75) is 36.8 Å². The highest BCUT2D eigenvalue weighted by Gasteiger charge is 2.34. The Morgan fingerprint density at radius 1 is 0.941 bits per heavy atom. The summed E-state index contributed by atoms with van der Waals surface area (Å²) in [5, 5.41) is 0. The van der Waals surface area contributed by atoms with E-state index < -0.39 is 16.1 Å². The molecular weight excluding hydrogens is 454 g/mol. The van der Waals surface area contributed by atoms with Crippen LogP contribution in [0.1, 0.15) is 24.8 Å². The number of morpholine rings is 1. The smallest absolute Gasteiger partial charge is 0.265 e. The molecule has 2 aromatic carbocycles. The van der Waals surface area contributed by atoms with Crippen LogP contribution < -0.4 is 9.64 Å². The normalized spacial score (nSPS) is 21.6. The topological polar surface area (TPSA) is 79.4 Å². The number of fused-ring (bicyclic) bond motifs is 1. The SMILES string of the molecule is O=C([C@H]1CN(Cc2cccc(S(=O)(=O)N3CCOCC3)c2)c2ccccc2O1)N1CCCCC1. The Morgan fingerprint density at radius 2 is 1.71 bits per heavy atom. The minimum atomic E-state index is -3.58. The van der Waals surface area contributed by atoms with Gasteiger partial charge in [0, 0.05) is 32.7 Å². The van der Waals surface area contributed by atoms with Gasteiger partial charge in [-0.05, 0) is 49.1 Å². The molecule has 3 aliphatic heterocycles. The van der Waals surface area contributed by atoms with Gasteiger partial charge in [-0.25, -0.2) is 8.42 Å². The standard InChI is InChI=1S/C25H31N3O5S/c29-25(26-11-4-1-5-12-26)24-19-27(22-9-2-3-10-23(22)33-24)18-20-7-6-8-21(17-20)34(30,31)28-13-15-32-16-14-28/h2-3,6-10,17,24H,1,4-5,11-16,18-19H2/t24-/m1/s1. The third-order valence-corrected chi connectivity index (χ3v) is 8.58. The molecule has 0 aromatic heterocycles. The molecule has 0 unspecified atom stereocenters. The maximum atomic E-state index is 13.2. The fourth-order valence-electron chi connectivity index (χ4n) is 4.86. The van der Waals surface area contributed by atoms with Crippen LogP contribution in [0, 0.1) is 0 Å². The number of carbonyl (C=O) groups excluding carboxylic acids is 1. The predicted molar refractivity (Wildman–Crippen MR) is 128 cm³/mol. The number of hydrogen-bond acceptors (Lipinski definition) is 6. The maximum Gasteiger partial charge on any atom is 0.265 e. The van der Waals surface area contributed by atoms with Gasteiger partial charge in [0.1, 0.15) is 5.75 Å². The van der Waals surface area contributed by atoms with E-state index in [1.54, 1.807) is 18.2 Å². The van der Waals surface area contributed by atoms with Crippen molar-refractivity contribution in [3.8, 4) is 5.75 Å². The molecule has 0 spiro atoms. The first kappa shape index (κ1) is 23.1. The number of nitrogens with zero attached hydrogens (tertiary/aromatic N) is 3. The summed E-state index contributed by atoms with van der Waals surface area (Å²) in [5.41, 5.74) is 1.78. The molecule has 2 fully saturated rings. The Labute approximate surface area is 201 Å². The van der Waals surface area contributed by atoms with Crippen molar-refractivity contribution in [1.29, 1.82) is 0 Å². The number of likely N-dealkylation sites (tertiary alicyclic amines) is 1. The molecule has 0 radical (unpaired) electrons. The van der Waals surface area contributed by atoms with E-state index in [0.29, 0.717) is 45.1 Å². The first-order chi connectivity index (χ1) is 16.5. The quantitative estimate of drug-likeness (QED) is 0.648. The molecule has 8 nitrogen and oxygen atoms in total. The zero-order valence-corrected chi connectivity index (χ0v) is 20.1. The van der Waals surface area contributed by atoms with Crippen molar-refractivity contribution in [3.63, 3.8) is 0 Å². The second kappa shape index (κ2) is 9.93. The Hall–Kier alpha value is -2.62. The Bertz CT molecular complexity index is 1130. The largest absolute Gasteiger partial charge is 0.477 e. The fraction of sp³-hybridized carbons (Fsp3) is 0.480. The average Bonchev–Trinajstić information content (AvgIpc) is 2.89. The van der Waals surface area contributed by atoms with Crippen LogP contribution in [0.5, 0.6) is 5.75 Å². The summed E-state index contributed by atoms with van der Waals surface area (Å²) >= 11 is 0. The summed E-state index contributed by atoms with van der Waals surface area (Å²) in [6.45, 7) is 4.02. The number of benzene rings is 2. The van der Waals surface area contributed by atoms with E-state index in [2.05, 4.69) is 4.90 Å². The van der Waals surface area contributed by atoms with E-state index in [1.807, 2.05) is 35.2 Å². The monoisotopic (exact) mass is 485 g/mol. The summed E-state index contributed by atoms with van der Waals surface area (Å²) in [4.78, 5) is 17.5. The number of hydrogen-bond donors (Lipinski definition) is 0. The van der Waals surface area contributed by atoms with Crippen molar-refractivity contribution in [2.24, 2.45) is 0 Å². The molecule has 1 atom stereocenters. The van der Waals surface area contributed by atoms with Crippen molar-refractivity contribution in [3.05, 3.63) is 54.1 Å². The Morgan fingerprint density at radius 3 is 2.50 bits per heavy atom. The van der Waals surface area contributed by atoms with E-state index >= 15 is 0 Å². The molecule has 0 bridgehead atoms. The van der Waals surface area contributed by atoms with Crippen molar-refractivity contribution in [2.75, 3.05) is 50.8 Å². The summed E-state index contributed by atoms with van der Waals surface area (Å²) in [6.07, 6.45) is 2.65. The molecule has 0 saturated carbocycles. The maximum absolute atomic E-state index is 13.2. The summed E-state index contributed by atoms with van der Waals surface area (Å²) in [5.74, 6) is 0.712. The van der Waals surface area contributed by atoms with Gasteiger partial charge in [-0.3, -0.25) is 4.79 Å². The van der Waals surface area contributed by atoms with Gasteiger partial charge in [0.05, 0.1) is 30.3 Å². The molecule has 0 N–H and O–H groups in total. The number of amides is 1. The van der Waals surface area contributed by atoms with E-state index in [-0.39, 0.29) is 10.8 Å². The van der Waals surface area contributed by atoms with Gasteiger partial charge in [-0.1, -0.05) is 24.3 Å². The molecule has 182 valence electrons. The number of rotatable bonds is 5. The van der Waals surface area contributed by atoms with E-state index in [0.717, 1.165) is 43.6 Å². The number of sulfonamides is 1. The minimum Gasteiger partial charge on any atom is -0.477 e. The average molecular weight is 486 g/mol. The van der Waals surface area contributed by atoms with Crippen LogP contribution in [0.3, 0.4) is 0 Å². The third-order valence-electron chi connectivity index (χ3n) is 6.68. The second-order valence-corrected chi connectivity index (χ2v) is 10.9. The first-order valence-electron chi connectivity index (χ1n) is 12.0. The Balaban J connectivity index is 1.37. The fourth-order valence-corrected chi connectivity index (χ4v) is 6.34. The van der Waals surface area contributed by atoms with E-state index in [9.17, 15) is 13.2 Å². The van der Waals surface area contributed by atoms with Crippen LogP contribution >= 0.6 is 0 Å². The molecule has 0 aliphatic carbocycles. The molecule has 1 amide bonds. The number of ether oxygens (including phenoxy) is 2. The summed E-state index contributed by atoms with van der Waals surface area (Å²) in [6, 6.07) is 14.8. The second-order valence-electron chi connectivity index (χ2n) is 9.00. The van der Waals surface area contributed by atoms with E-state index in [1.165, 1.54) is 4.31 Å². The first-order valence-corrected chi connectivity index (χ1v) is 13.4. The molecule has 5 rings (SSSR count). The molecule has 3 heterocycles. The lowest BCUT2D eigenvalue weighted by atomic mass is 10.1. The molecule has 2 aromatic rings. The highest BCUT2D eigenvalue weighted by atomic mass is 32.2. The molecule has 2 saturated heterocycles. The van der Waals surface area contributed by atoms with Crippen molar-refractivity contribution >= 4 is 21.6 Å².